The second-order valence-corrected chi connectivity index (χ2v) is 5.57. The molecule has 0 saturated carbocycles. The van der Waals surface area contributed by atoms with Gasteiger partial charge in [0.25, 0.3) is 0 Å². The normalized spacial score (nSPS) is 11.0. The van der Waals surface area contributed by atoms with Gasteiger partial charge in [-0.3, -0.25) is 4.79 Å². The van der Waals surface area contributed by atoms with Gasteiger partial charge in [0.15, 0.2) is 5.78 Å². The summed E-state index contributed by atoms with van der Waals surface area (Å²) in [5.74, 6) is -0.906. The highest BCUT2D eigenvalue weighted by molar-refractivity contribution is 6.01. The van der Waals surface area contributed by atoms with Gasteiger partial charge in [-0.1, -0.05) is 20.3 Å². The van der Waals surface area contributed by atoms with Gasteiger partial charge in [0.2, 0.25) is 5.82 Å². The van der Waals surface area contributed by atoms with Crippen LogP contribution in [0.3, 0.4) is 0 Å². The van der Waals surface area contributed by atoms with Crippen molar-refractivity contribution in [2.45, 2.75) is 53.0 Å². The van der Waals surface area contributed by atoms with Gasteiger partial charge in [-0.2, -0.15) is 0 Å². The predicted molar refractivity (Wildman–Crippen MR) is 85.6 cm³/mol. The lowest BCUT2D eigenvalue weighted by Crippen LogP contribution is -2.10. The second kappa shape index (κ2) is 6.73. The van der Waals surface area contributed by atoms with Crippen LogP contribution in [0.25, 0.3) is 11.0 Å². The number of aryl methyl sites for hydroxylation is 2. The molecule has 0 spiro atoms. The molecule has 0 unspecified atom stereocenters. The van der Waals surface area contributed by atoms with Gasteiger partial charge in [-0.25, -0.2) is 9.78 Å². The Balaban J connectivity index is 2.59. The van der Waals surface area contributed by atoms with Crippen LogP contribution < -0.4 is 0 Å². The fraction of sp³-hybridized carbons (Fsp3) is 0.471. The molecule has 5 nitrogen and oxygen atoms in total. The lowest BCUT2D eigenvalue weighted by molar-refractivity contribution is 0.0678. The van der Waals surface area contributed by atoms with Gasteiger partial charge in [0.1, 0.15) is 0 Å². The number of carbonyl (C=O) groups excluding carboxylic acids is 1. The smallest absolute Gasteiger partial charge is 0.372 e. The second-order valence-electron chi connectivity index (χ2n) is 5.57. The van der Waals surface area contributed by atoms with Crippen LogP contribution in [0.1, 0.15) is 66.1 Å². The number of ketones is 1. The van der Waals surface area contributed by atoms with Crippen LogP contribution in [-0.2, 0) is 6.54 Å². The molecule has 118 valence electrons. The summed E-state index contributed by atoms with van der Waals surface area (Å²) in [5.41, 5.74) is 2.89. The van der Waals surface area contributed by atoms with Crippen molar-refractivity contribution in [1.29, 1.82) is 0 Å². The fourth-order valence-corrected chi connectivity index (χ4v) is 2.64. The highest BCUT2D eigenvalue weighted by Crippen LogP contribution is 2.23. The summed E-state index contributed by atoms with van der Waals surface area (Å²) in [6.45, 7) is 6.54. The molecule has 0 amide bonds. The molecule has 0 aliphatic rings. The van der Waals surface area contributed by atoms with Crippen LogP contribution in [0.5, 0.6) is 0 Å². The molecular formula is C17H22N2O3. The molecule has 0 fully saturated rings. The Hall–Kier alpha value is -2.17. The zero-order chi connectivity index (χ0) is 16.3. The van der Waals surface area contributed by atoms with Crippen molar-refractivity contribution in [3.05, 3.63) is 29.1 Å². The molecule has 0 radical (unpaired) electrons. The first-order chi connectivity index (χ1) is 10.5. The predicted octanol–water partition coefficient (Wildman–Crippen LogP) is 3.83. The molecule has 1 N–H and O–H groups in total. The van der Waals surface area contributed by atoms with Gasteiger partial charge in [-0.15, -0.1) is 0 Å². The van der Waals surface area contributed by atoms with Crippen LogP contribution in [0.2, 0.25) is 0 Å². The van der Waals surface area contributed by atoms with Crippen LogP contribution in [0.4, 0.5) is 0 Å². The zero-order valence-corrected chi connectivity index (χ0v) is 13.3. The van der Waals surface area contributed by atoms with E-state index in [9.17, 15) is 14.7 Å². The largest absolute Gasteiger partial charge is 0.475 e. The summed E-state index contributed by atoms with van der Waals surface area (Å²) >= 11 is 0. The lowest BCUT2D eigenvalue weighted by Gasteiger charge is -2.08. The first-order valence-electron chi connectivity index (χ1n) is 7.76. The summed E-state index contributed by atoms with van der Waals surface area (Å²) in [4.78, 5) is 27.8. The van der Waals surface area contributed by atoms with E-state index in [-0.39, 0.29) is 11.6 Å². The molecule has 0 bridgehead atoms. The van der Waals surface area contributed by atoms with E-state index in [0.29, 0.717) is 24.0 Å². The number of aromatic carboxylic acids is 1. The third kappa shape index (κ3) is 3.03. The highest BCUT2D eigenvalue weighted by atomic mass is 16.4. The van der Waals surface area contributed by atoms with E-state index in [2.05, 4.69) is 11.9 Å². The summed E-state index contributed by atoms with van der Waals surface area (Å²) in [6.07, 6.45) is 3.16. The van der Waals surface area contributed by atoms with E-state index < -0.39 is 5.97 Å². The third-order valence-corrected chi connectivity index (χ3v) is 3.80. The van der Waals surface area contributed by atoms with Crippen LogP contribution in [0.15, 0.2) is 12.1 Å². The Morgan fingerprint density at radius 1 is 1.23 bits per heavy atom. The number of benzene rings is 1. The summed E-state index contributed by atoms with van der Waals surface area (Å²) in [6, 6.07) is 3.62. The van der Waals surface area contributed by atoms with Crippen molar-refractivity contribution in [2.75, 3.05) is 0 Å². The number of nitrogens with zero attached hydrogens (tertiary/aromatic N) is 2. The number of fused-ring (bicyclic) bond motifs is 1. The number of unbranched alkanes of at least 4 members (excludes halogenated alkanes) is 1. The molecule has 22 heavy (non-hydrogen) atoms. The number of hydrogen-bond donors (Lipinski definition) is 1. The summed E-state index contributed by atoms with van der Waals surface area (Å²) in [7, 11) is 0. The van der Waals surface area contributed by atoms with E-state index in [4.69, 9.17) is 0 Å². The number of imidazole rings is 1. The molecule has 0 atom stereocenters. The number of carboxylic acid groups (broad SMARTS) is 1. The van der Waals surface area contributed by atoms with Crippen molar-refractivity contribution in [3.63, 3.8) is 0 Å². The van der Waals surface area contributed by atoms with E-state index in [0.717, 1.165) is 30.3 Å². The minimum absolute atomic E-state index is 0.0444. The Morgan fingerprint density at radius 3 is 2.55 bits per heavy atom. The van der Waals surface area contributed by atoms with Crippen molar-refractivity contribution in [1.82, 2.24) is 9.55 Å². The first-order valence-corrected chi connectivity index (χ1v) is 7.76. The van der Waals surface area contributed by atoms with Gasteiger partial charge >= 0.3 is 5.97 Å². The van der Waals surface area contributed by atoms with Crippen molar-refractivity contribution >= 4 is 22.8 Å². The van der Waals surface area contributed by atoms with Crippen molar-refractivity contribution in [2.24, 2.45) is 0 Å². The zero-order valence-electron chi connectivity index (χ0n) is 13.3. The Labute approximate surface area is 130 Å². The minimum atomic E-state index is -1.04. The van der Waals surface area contributed by atoms with Crippen LogP contribution in [-0.4, -0.2) is 26.4 Å². The molecular weight excluding hydrogens is 280 g/mol. The topological polar surface area (TPSA) is 72.2 Å². The van der Waals surface area contributed by atoms with Gasteiger partial charge in [0, 0.05) is 18.5 Å². The van der Waals surface area contributed by atoms with Gasteiger partial charge in [-0.05, 0) is 37.5 Å². The molecule has 2 aromatic rings. The monoisotopic (exact) mass is 302 g/mol. The molecule has 1 heterocycles. The quantitative estimate of drug-likeness (QED) is 0.789. The third-order valence-electron chi connectivity index (χ3n) is 3.80. The number of aromatic nitrogens is 2. The van der Waals surface area contributed by atoms with Crippen LogP contribution in [0, 0.1) is 6.92 Å². The average Bonchev–Trinajstić information content (AvgIpc) is 2.82. The summed E-state index contributed by atoms with van der Waals surface area (Å²) in [5, 5.41) is 9.35. The molecule has 1 aromatic carbocycles. The van der Waals surface area contributed by atoms with Gasteiger partial charge < -0.3 is 9.67 Å². The SMILES string of the molecule is CCCCn1c(C(=O)O)nc2cc(C(=O)CCC)c(C)cc21. The molecule has 0 aliphatic heterocycles. The highest BCUT2D eigenvalue weighted by Gasteiger charge is 2.19. The van der Waals surface area contributed by atoms with E-state index in [1.54, 1.807) is 10.6 Å². The fourth-order valence-electron chi connectivity index (χ4n) is 2.64. The summed E-state index contributed by atoms with van der Waals surface area (Å²) < 4.78 is 1.74. The maximum atomic E-state index is 12.2. The Bertz CT molecular complexity index is 716. The van der Waals surface area contributed by atoms with E-state index >= 15 is 0 Å². The molecule has 2 rings (SSSR count). The van der Waals surface area contributed by atoms with Crippen LogP contribution >= 0.6 is 0 Å². The maximum absolute atomic E-state index is 12.2. The van der Waals surface area contributed by atoms with Gasteiger partial charge in [0.05, 0.1) is 11.0 Å². The maximum Gasteiger partial charge on any atom is 0.372 e. The molecule has 1 aromatic heterocycles. The number of Topliss-reactive ketones (excluding diaryl/α,β-unsaturated/α-hetero) is 1. The van der Waals surface area contributed by atoms with E-state index in [1.165, 1.54) is 0 Å². The Kier molecular flexibility index (Phi) is 4.96. The Morgan fingerprint density at radius 2 is 1.95 bits per heavy atom. The molecule has 0 aliphatic carbocycles. The number of carboxylic acids is 1. The average molecular weight is 302 g/mol. The number of rotatable bonds is 7. The van der Waals surface area contributed by atoms with E-state index in [1.807, 2.05) is 19.9 Å². The standard InChI is InChI=1S/C17H22N2O3/c1-4-6-8-19-14-9-11(3)12(15(20)7-5-2)10-13(14)18-16(19)17(21)22/h9-10H,4-8H2,1-3H3,(H,21,22). The molecule has 5 heteroatoms. The number of carbonyl (C=O) groups is 2. The lowest BCUT2D eigenvalue weighted by atomic mass is 10.0. The van der Waals surface area contributed by atoms with Crippen molar-refractivity contribution < 1.29 is 14.7 Å². The van der Waals surface area contributed by atoms with Crippen molar-refractivity contribution in [3.8, 4) is 0 Å². The minimum Gasteiger partial charge on any atom is -0.475 e. The number of hydrogen-bond acceptors (Lipinski definition) is 3. The molecule has 0 saturated heterocycles. The first kappa shape index (κ1) is 16.2.